The number of nitrogens with zero attached hydrogens (tertiary/aromatic N) is 2. The minimum Gasteiger partial charge on any atom is -0.756 e. The van der Waals surface area contributed by atoms with Crippen LogP contribution in [0.15, 0.2) is 18.7 Å². The Morgan fingerprint density at radius 1 is 1.35 bits per heavy atom. The van der Waals surface area contributed by atoms with Gasteiger partial charge in [0.25, 0.3) is 7.82 Å². The monoisotopic (exact) mass is 366 g/mol. The van der Waals surface area contributed by atoms with Crippen molar-refractivity contribution in [2.75, 3.05) is 13.2 Å². The molecule has 6 nitrogen and oxygen atoms in total. The topological polar surface area (TPSA) is 67.4 Å². The van der Waals surface area contributed by atoms with Crippen molar-refractivity contribution < 1.29 is 23.1 Å². The fraction of sp³-hybridized carbons (Fsp3) is 0.700. The van der Waals surface area contributed by atoms with Gasteiger partial charge in [0, 0.05) is 0 Å². The molecule has 0 aliphatic heterocycles. The minimum atomic E-state index is -4.29. The maximum Gasteiger partial charge on any atom is 0.268 e. The zero-order valence-electron chi connectivity index (χ0n) is 11.5. The van der Waals surface area contributed by atoms with E-state index in [2.05, 4.69) is 33.1 Å². The number of hydrogen-bond donors (Lipinski definition) is 0. The van der Waals surface area contributed by atoms with E-state index in [0.29, 0.717) is 0 Å². The second-order valence-corrected chi connectivity index (χ2v) is 7.59. The molecule has 118 valence electrons. The lowest BCUT2D eigenvalue weighted by Gasteiger charge is -2.23. The van der Waals surface area contributed by atoms with Gasteiger partial charge in [-0.05, 0) is 13.8 Å². The van der Waals surface area contributed by atoms with Gasteiger partial charge in [-0.25, -0.2) is 9.13 Å². The summed E-state index contributed by atoms with van der Waals surface area (Å²) in [7, 11) is -2.27. The molecule has 0 saturated carbocycles. The first-order valence-corrected chi connectivity index (χ1v) is 8.37. The molecule has 0 spiro atoms. The number of hydrogen-bond acceptors (Lipinski definition) is 4. The minimum absolute atomic E-state index is 0.0133. The number of aryl methyl sites for hydroxylation is 2. The average molecular weight is 368 g/mol. The molecule has 0 bridgehead atoms. The van der Waals surface area contributed by atoms with E-state index in [1.54, 1.807) is 0 Å². The Bertz CT molecular complexity index is 436. The second-order valence-electron chi connectivity index (χ2n) is 3.66. The van der Waals surface area contributed by atoms with Crippen LogP contribution in [0.5, 0.6) is 0 Å². The van der Waals surface area contributed by atoms with Crippen LogP contribution < -0.4 is 9.46 Å². The first kappa shape index (κ1) is 20.2. The van der Waals surface area contributed by atoms with E-state index >= 15 is 0 Å². The predicted octanol–water partition coefficient (Wildman–Crippen LogP) is 2.21. The van der Waals surface area contributed by atoms with Crippen LogP contribution in [0.4, 0.5) is 0 Å². The highest BCUT2D eigenvalue weighted by Crippen LogP contribution is 2.41. The Labute approximate surface area is 133 Å². The van der Waals surface area contributed by atoms with Gasteiger partial charge >= 0.3 is 0 Å². The molecule has 0 aliphatic carbocycles. The average Bonchev–Trinajstić information content (AvgIpc) is 2.73. The zero-order chi connectivity index (χ0) is 15.8. The van der Waals surface area contributed by atoms with Crippen molar-refractivity contribution >= 4 is 42.6 Å². The molecule has 0 aliphatic rings. The summed E-state index contributed by atoms with van der Waals surface area (Å²) < 4.78 is 21.5. The van der Waals surface area contributed by atoms with Crippen LogP contribution in [-0.2, 0) is 27.2 Å². The van der Waals surface area contributed by atoms with Crippen LogP contribution in [0, 0.1) is 0 Å². The number of halogens is 3. The van der Waals surface area contributed by atoms with Crippen LogP contribution in [0.3, 0.4) is 0 Å². The molecule has 10 heteroatoms. The Morgan fingerprint density at radius 3 is 2.25 bits per heavy atom. The van der Waals surface area contributed by atoms with Crippen molar-refractivity contribution in [1.82, 2.24) is 4.57 Å². The van der Waals surface area contributed by atoms with E-state index in [1.807, 2.05) is 17.8 Å². The van der Waals surface area contributed by atoms with Gasteiger partial charge in [0.15, 0.2) is 0 Å². The number of aromatic nitrogens is 2. The molecule has 0 aromatic carbocycles. The maximum atomic E-state index is 10.7. The van der Waals surface area contributed by atoms with Crippen molar-refractivity contribution in [3.63, 3.8) is 0 Å². The highest BCUT2D eigenvalue weighted by atomic mass is 35.6. The standard InChI is InChI=1S/C6H11N2.C4H8Cl3O4P/c1-3-8-5-4-7(2)6-8;1-2-10-12(8,9)11-3-4(5,6)7/h4-6H,3H2,1-2H3;2-3H2,1H3,(H,8,9)/q+1;/p-1. The van der Waals surface area contributed by atoms with E-state index in [-0.39, 0.29) is 6.61 Å². The van der Waals surface area contributed by atoms with Gasteiger partial charge in [0.2, 0.25) is 10.1 Å². The molecule has 1 heterocycles. The highest BCUT2D eigenvalue weighted by Gasteiger charge is 2.23. The second kappa shape index (κ2) is 9.26. The summed E-state index contributed by atoms with van der Waals surface area (Å²) in [5.41, 5.74) is 0. The number of phosphoric acid groups is 1. The number of imidazole rings is 1. The van der Waals surface area contributed by atoms with E-state index < -0.39 is 18.2 Å². The predicted molar refractivity (Wildman–Crippen MR) is 76.8 cm³/mol. The van der Waals surface area contributed by atoms with Gasteiger partial charge in [-0.3, -0.25) is 4.57 Å². The van der Waals surface area contributed by atoms with Gasteiger partial charge in [-0.15, -0.1) is 0 Å². The third-order valence-electron chi connectivity index (χ3n) is 1.86. The van der Waals surface area contributed by atoms with Gasteiger partial charge in [-0.1, -0.05) is 34.8 Å². The largest absolute Gasteiger partial charge is 0.756 e. The molecule has 0 saturated heterocycles. The molecule has 1 unspecified atom stereocenters. The summed E-state index contributed by atoms with van der Waals surface area (Å²) in [5.74, 6) is 0. The van der Waals surface area contributed by atoms with Gasteiger partial charge in [0.1, 0.15) is 19.0 Å². The maximum absolute atomic E-state index is 10.7. The Kier molecular flexibility index (Phi) is 9.34. The van der Waals surface area contributed by atoms with Crippen molar-refractivity contribution in [3.8, 4) is 0 Å². The van der Waals surface area contributed by atoms with Crippen molar-refractivity contribution in [3.05, 3.63) is 18.7 Å². The van der Waals surface area contributed by atoms with Crippen LogP contribution in [0.2, 0.25) is 0 Å². The molecule has 0 fully saturated rings. The Hall–Kier alpha value is 0.190. The van der Waals surface area contributed by atoms with Crippen molar-refractivity contribution in [1.29, 1.82) is 0 Å². The number of rotatable bonds is 5. The molecule has 1 rings (SSSR count). The van der Waals surface area contributed by atoms with E-state index in [0.717, 1.165) is 6.54 Å². The summed E-state index contributed by atoms with van der Waals surface area (Å²) in [6.45, 7) is 4.11. The summed E-state index contributed by atoms with van der Waals surface area (Å²) in [5, 5.41) is 0. The zero-order valence-corrected chi connectivity index (χ0v) is 14.6. The molecular weight excluding hydrogens is 349 g/mol. The lowest BCUT2D eigenvalue weighted by molar-refractivity contribution is -0.671. The molecule has 0 radical (unpaired) electrons. The SMILES string of the molecule is CCOP(=O)([O-])OCC(Cl)(Cl)Cl.CCn1cc[n+](C)c1. The van der Waals surface area contributed by atoms with Gasteiger partial charge in [0.05, 0.1) is 20.2 Å². The Balaban J connectivity index is 0.000000388. The van der Waals surface area contributed by atoms with E-state index in [9.17, 15) is 9.46 Å². The summed E-state index contributed by atoms with van der Waals surface area (Å²) in [6, 6.07) is 0. The van der Waals surface area contributed by atoms with Crippen LogP contribution >= 0.6 is 42.6 Å². The van der Waals surface area contributed by atoms with E-state index in [1.165, 1.54) is 6.92 Å². The smallest absolute Gasteiger partial charge is 0.268 e. The van der Waals surface area contributed by atoms with E-state index in [4.69, 9.17) is 34.8 Å². The van der Waals surface area contributed by atoms with Crippen LogP contribution in [0.1, 0.15) is 13.8 Å². The summed E-state index contributed by atoms with van der Waals surface area (Å²) in [6.07, 6.45) is 6.14. The van der Waals surface area contributed by atoms with Crippen molar-refractivity contribution in [2.24, 2.45) is 7.05 Å². The third kappa shape index (κ3) is 10.9. The number of phosphoric ester groups is 1. The first-order valence-electron chi connectivity index (χ1n) is 5.77. The third-order valence-corrected chi connectivity index (χ3v) is 3.21. The Morgan fingerprint density at radius 2 is 1.95 bits per heavy atom. The molecular formula is C10H18Cl3N2O4P. The van der Waals surface area contributed by atoms with Crippen LogP contribution in [-0.4, -0.2) is 21.6 Å². The molecule has 1 atom stereocenters. The van der Waals surface area contributed by atoms with Crippen molar-refractivity contribution in [2.45, 2.75) is 24.2 Å². The molecule has 1 aromatic rings. The van der Waals surface area contributed by atoms with Crippen LogP contribution in [0.25, 0.3) is 0 Å². The summed E-state index contributed by atoms with van der Waals surface area (Å²) >= 11 is 15.7. The fourth-order valence-corrected chi connectivity index (χ4v) is 2.17. The quantitative estimate of drug-likeness (QED) is 0.455. The summed E-state index contributed by atoms with van der Waals surface area (Å²) in [4.78, 5) is 10.7. The van der Waals surface area contributed by atoms with Gasteiger partial charge < -0.3 is 13.9 Å². The molecule has 1 aromatic heterocycles. The molecule has 20 heavy (non-hydrogen) atoms. The lowest BCUT2D eigenvalue weighted by Crippen LogP contribution is -2.23. The van der Waals surface area contributed by atoms with Gasteiger partial charge in [-0.2, -0.15) is 0 Å². The lowest BCUT2D eigenvalue weighted by atomic mass is 10.7. The fourth-order valence-electron chi connectivity index (χ4n) is 1.04. The normalized spacial score (nSPS) is 14.3. The molecule has 0 amide bonds. The first-order chi connectivity index (χ1) is 9.09. The number of alkyl halides is 3. The molecule has 0 N–H and O–H groups in total. The highest BCUT2D eigenvalue weighted by molar-refractivity contribution is 7.45.